The van der Waals surface area contributed by atoms with Gasteiger partial charge < -0.3 is 4.84 Å². The maximum atomic E-state index is 10.1. The van der Waals surface area contributed by atoms with Crippen molar-refractivity contribution in [1.29, 1.82) is 0 Å². The minimum atomic E-state index is -0.162. The molecule has 4 heteroatoms. The lowest BCUT2D eigenvalue weighted by atomic mass is 10.5. The fraction of sp³-hybridized carbons (Fsp3) is 0.333. The highest BCUT2D eigenvalue weighted by molar-refractivity contribution is 7.80. The molecule has 1 heterocycles. The molecule has 1 amide bonds. The highest BCUT2D eigenvalue weighted by Crippen LogP contribution is 1.94. The van der Waals surface area contributed by atoms with Crippen molar-refractivity contribution >= 4 is 23.2 Å². The van der Waals surface area contributed by atoms with E-state index in [9.17, 15) is 4.79 Å². The van der Waals surface area contributed by atoms with Gasteiger partial charge in [-0.15, -0.1) is 0 Å². The van der Waals surface area contributed by atoms with Crippen LogP contribution in [0.4, 0.5) is 0 Å². The van der Waals surface area contributed by atoms with E-state index in [-0.39, 0.29) is 12.3 Å². The van der Waals surface area contributed by atoms with E-state index in [2.05, 4.69) is 22.5 Å². The zero-order chi connectivity index (χ0) is 5.28. The van der Waals surface area contributed by atoms with Crippen LogP contribution in [0.1, 0.15) is 6.42 Å². The molecule has 38 valence electrons. The minimum Gasteiger partial charge on any atom is -0.372 e. The largest absolute Gasteiger partial charge is 0.372 e. The quantitative estimate of drug-likeness (QED) is 0.445. The monoisotopic (exact) mass is 117 g/mol. The highest BCUT2D eigenvalue weighted by atomic mass is 32.1. The number of hydroxylamine groups is 1. The molecule has 0 aromatic rings. The lowest BCUT2D eigenvalue weighted by Crippen LogP contribution is -2.10. The Morgan fingerprint density at radius 1 is 1.86 bits per heavy atom. The van der Waals surface area contributed by atoms with Crippen LogP contribution in [-0.4, -0.2) is 11.0 Å². The van der Waals surface area contributed by atoms with Crippen molar-refractivity contribution in [1.82, 2.24) is 5.48 Å². The van der Waals surface area contributed by atoms with Crippen molar-refractivity contribution in [2.75, 3.05) is 0 Å². The Labute approximate surface area is 45.6 Å². The van der Waals surface area contributed by atoms with Crippen LogP contribution >= 0.6 is 12.2 Å². The number of carbonyl (C=O) groups is 1. The molecular weight excluding hydrogens is 114 g/mol. The smallest absolute Gasteiger partial charge is 0.261 e. The summed E-state index contributed by atoms with van der Waals surface area (Å²) in [6.07, 6.45) is 0.231. The van der Waals surface area contributed by atoms with Crippen molar-refractivity contribution in [3.05, 3.63) is 0 Å². The molecule has 0 unspecified atom stereocenters. The third-order valence-corrected chi connectivity index (χ3v) is 0.811. The zero-order valence-electron chi connectivity index (χ0n) is 3.43. The first-order chi connectivity index (χ1) is 3.29. The van der Waals surface area contributed by atoms with Gasteiger partial charge in [-0.1, -0.05) is 0 Å². The standard InChI is InChI=1S/C3H3NO2S/c5-2-1-3(7)6-4-2/h1H2,(H,4,5). The van der Waals surface area contributed by atoms with Gasteiger partial charge in [-0.2, -0.15) is 5.48 Å². The first kappa shape index (κ1) is 4.52. The fourth-order valence-electron chi connectivity index (χ4n) is 0.317. The highest BCUT2D eigenvalue weighted by Gasteiger charge is 2.14. The number of thiocarbonyl (C=S) groups is 1. The first-order valence-electron chi connectivity index (χ1n) is 1.77. The summed E-state index contributed by atoms with van der Waals surface area (Å²) in [6, 6.07) is 0. The molecule has 0 radical (unpaired) electrons. The summed E-state index contributed by atoms with van der Waals surface area (Å²) in [5.41, 5.74) is 2.09. The molecule has 0 aromatic heterocycles. The Balaban J connectivity index is 2.55. The summed E-state index contributed by atoms with van der Waals surface area (Å²) in [5.74, 6) is -0.162. The van der Waals surface area contributed by atoms with E-state index in [4.69, 9.17) is 0 Å². The molecule has 1 rings (SSSR count). The average Bonchev–Trinajstić information content (AvgIpc) is 1.87. The Morgan fingerprint density at radius 2 is 2.57 bits per heavy atom. The average molecular weight is 117 g/mol. The summed E-state index contributed by atoms with van der Waals surface area (Å²) in [5, 5.41) is 0.324. The SMILES string of the molecule is O=C1CC(=S)ON1. The molecule has 3 nitrogen and oxygen atoms in total. The molecule has 7 heavy (non-hydrogen) atoms. The van der Waals surface area contributed by atoms with Gasteiger partial charge in [0.05, 0.1) is 0 Å². The summed E-state index contributed by atoms with van der Waals surface area (Å²) in [6.45, 7) is 0. The van der Waals surface area contributed by atoms with Crippen LogP contribution in [0.25, 0.3) is 0 Å². The van der Waals surface area contributed by atoms with Gasteiger partial charge in [-0.05, 0) is 12.2 Å². The van der Waals surface area contributed by atoms with Crippen LogP contribution in [-0.2, 0) is 9.63 Å². The summed E-state index contributed by atoms with van der Waals surface area (Å²) in [4.78, 5) is 14.5. The van der Waals surface area contributed by atoms with E-state index in [1.54, 1.807) is 0 Å². The number of amides is 1. The summed E-state index contributed by atoms with van der Waals surface area (Å²) in [7, 11) is 0. The van der Waals surface area contributed by atoms with Crippen LogP contribution in [0.5, 0.6) is 0 Å². The van der Waals surface area contributed by atoms with Crippen LogP contribution in [0.15, 0.2) is 0 Å². The molecule has 1 N–H and O–H groups in total. The van der Waals surface area contributed by atoms with E-state index >= 15 is 0 Å². The van der Waals surface area contributed by atoms with E-state index in [0.29, 0.717) is 5.05 Å². The van der Waals surface area contributed by atoms with Crippen LogP contribution in [0.3, 0.4) is 0 Å². The minimum absolute atomic E-state index is 0.162. The molecule has 1 aliphatic rings. The molecule has 1 saturated heterocycles. The van der Waals surface area contributed by atoms with Gasteiger partial charge in [0.2, 0.25) is 5.05 Å². The van der Waals surface area contributed by atoms with Gasteiger partial charge >= 0.3 is 0 Å². The summed E-state index contributed by atoms with van der Waals surface area (Å²) < 4.78 is 0. The molecule has 0 bridgehead atoms. The third kappa shape index (κ3) is 0.866. The summed E-state index contributed by atoms with van der Waals surface area (Å²) >= 11 is 4.49. The number of nitrogens with one attached hydrogen (secondary N) is 1. The van der Waals surface area contributed by atoms with Gasteiger partial charge in [0.15, 0.2) is 0 Å². The van der Waals surface area contributed by atoms with Gasteiger partial charge in [0.25, 0.3) is 5.91 Å². The Hall–Kier alpha value is -0.640. The van der Waals surface area contributed by atoms with Crippen LogP contribution in [0, 0.1) is 0 Å². The van der Waals surface area contributed by atoms with Crippen molar-refractivity contribution in [2.24, 2.45) is 0 Å². The predicted molar refractivity (Wildman–Crippen MR) is 26.4 cm³/mol. The Kier molecular flexibility index (Phi) is 0.941. The molecule has 0 atom stereocenters. The number of hydrogen-bond acceptors (Lipinski definition) is 3. The molecule has 1 fully saturated rings. The zero-order valence-corrected chi connectivity index (χ0v) is 4.25. The van der Waals surface area contributed by atoms with Crippen LogP contribution in [0.2, 0.25) is 0 Å². The maximum absolute atomic E-state index is 10.1. The van der Waals surface area contributed by atoms with Crippen molar-refractivity contribution in [3.8, 4) is 0 Å². The lowest BCUT2D eigenvalue weighted by Gasteiger charge is -1.85. The van der Waals surface area contributed by atoms with E-state index in [1.807, 2.05) is 0 Å². The number of rotatable bonds is 0. The number of carbonyl (C=O) groups excluding carboxylic acids is 1. The third-order valence-electron chi connectivity index (χ3n) is 0.584. The fourth-order valence-corrected chi connectivity index (χ4v) is 0.490. The van der Waals surface area contributed by atoms with Crippen LogP contribution < -0.4 is 5.48 Å². The normalized spacial score (nSPS) is 18.9. The van der Waals surface area contributed by atoms with Gasteiger partial charge in [0, 0.05) is 0 Å². The lowest BCUT2D eigenvalue weighted by molar-refractivity contribution is -0.123. The predicted octanol–water partition coefficient (Wildman–Crippen LogP) is -0.235. The van der Waals surface area contributed by atoms with Crippen molar-refractivity contribution in [2.45, 2.75) is 6.42 Å². The second-order valence-electron chi connectivity index (χ2n) is 1.18. The van der Waals surface area contributed by atoms with E-state index in [0.717, 1.165) is 0 Å². The Morgan fingerprint density at radius 3 is 2.71 bits per heavy atom. The molecular formula is C3H3NO2S. The molecule has 0 aliphatic carbocycles. The topological polar surface area (TPSA) is 38.3 Å². The maximum Gasteiger partial charge on any atom is 0.261 e. The molecule has 0 saturated carbocycles. The van der Waals surface area contributed by atoms with Gasteiger partial charge in [0.1, 0.15) is 6.42 Å². The van der Waals surface area contributed by atoms with Crippen molar-refractivity contribution < 1.29 is 9.63 Å². The second kappa shape index (κ2) is 1.46. The second-order valence-corrected chi connectivity index (χ2v) is 1.63. The van der Waals surface area contributed by atoms with Crippen molar-refractivity contribution in [3.63, 3.8) is 0 Å². The molecule has 0 spiro atoms. The van der Waals surface area contributed by atoms with Gasteiger partial charge in [-0.25, -0.2) is 0 Å². The van der Waals surface area contributed by atoms with E-state index in [1.165, 1.54) is 0 Å². The Bertz CT molecular complexity index is 108. The number of hydrogen-bond donors (Lipinski definition) is 1. The van der Waals surface area contributed by atoms with Gasteiger partial charge in [-0.3, -0.25) is 4.79 Å². The molecule has 0 aromatic carbocycles. The molecule has 1 aliphatic heterocycles. The van der Waals surface area contributed by atoms with E-state index < -0.39 is 0 Å². The first-order valence-corrected chi connectivity index (χ1v) is 2.18.